The normalized spacial score (nSPS) is 45.8. The molecule has 2 aliphatic rings. The van der Waals surface area contributed by atoms with Crippen LogP contribution in [0.3, 0.4) is 0 Å². The number of Topliss-reactive ketones (excluding diaryl/α,β-unsaturated/α-hetero) is 1. The fraction of sp³-hybridized carbons (Fsp3) is 0.933. The first-order valence-electron chi connectivity index (χ1n) is 7.32. The van der Waals surface area contributed by atoms with Crippen molar-refractivity contribution in [1.82, 2.24) is 0 Å². The van der Waals surface area contributed by atoms with Gasteiger partial charge in [0.15, 0.2) is 0 Å². The van der Waals surface area contributed by atoms with Crippen molar-refractivity contribution in [3.63, 3.8) is 0 Å². The van der Waals surface area contributed by atoms with E-state index >= 15 is 0 Å². The first kappa shape index (κ1) is 14.0. The average Bonchev–Trinajstić information content (AvgIpc) is 2.36. The van der Waals surface area contributed by atoms with Gasteiger partial charge < -0.3 is 0 Å². The van der Waals surface area contributed by atoms with Crippen molar-refractivity contribution >= 4 is 5.78 Å². The van der Waals surface area contributed by atoms with Crippen LogP contribution < -0.4 is 0 Å². The monoisotopic (exact) mass is 258 g/mol. The molecule has 4 atom stereocenters. The Morgan fingerprint density at radius 3 is 2.11 bits per heavy atom. The van der Waals surface area contributed by atoms with Gasteiger partial charge in [0.1, 0.15) is 18.1 Å². The van der Waals surface area contributed by atoms with Gasteiger partial charge in [0.05, 0.1) is 5.92 Å². The maximum Gasteiger partial charge on any atom is 0.142 e. The van der Waals surface area contributed by atoms with Gasteiger partial charge in [0.2, 0.25) is 0 Å². The molecule has 1 nitrogen and oxygen atoms in total. The third-order valence-corrected chi connectivity index (χ3v) is 4.95. The van der Waals surface area contributed by atoms with Gasteiger partial charge in [-0.2, -0.15) is 0 Å². The zero-order valence-corrected chi connectivity index (χ0v) is 11.4. The number of carbonyl (C=O) groups is 1. The van der Waals surface area contributed by atoms with E-state index in [1.807, 2.05) is 0 Å². The number of hydrogen-bond acceptors (Lipinski definition) is 1. The van der Waals surface area contributed by atoms with Crippen LogP contribution in [0.15, 0.2) is 0 Å². The molecule has 0 aliphatic heterocycles. The van der Waals surface area contributed by atoms with Gasteiger partial charge in [-0.3, -0.25) is 4.79 Å². The van der Waals surface area contributed by atoms with Crippen molar-refractivity contribution in [2.75, 3.05) is 0 Å². The summed E-state index contributed by atoms with van der Waals surface area (Å²) in [4.78, 5) is 12.3. The predicted molar refractivity (Wildman–Crippen MR) is 67.8 cm³/mol. The van der Waals surface area contributed by atoms with Crippen LogP contribution in [0.4, 0.5) is 8.78 Å². The summed E-state index contributed by atoms with van der Waals surface area (Å²) in [5.41, 5.74) is 0. The summed E-state index contributed by atoms with van der Waals surface area (Å²) in [5, 5.41) is 0. The highest BCUT2D eigenvalue weighted by atomic mass is 19.2. The highest BCUT2D eigenvalue weighted by molar-refractivity contribution is 5.84. The molecule has 18 heavy (non-hydrogen) atoms. The molecule has 0 aromatic heterocycles. The van der Waals surface area contributed by atoms with E-state index in [9.17, 15) is 13.6 Å². The number of hydrogen-bond donors (Lipinski definition) is 0. The zero-order valence-electron chi connectivity index (χ0n) is 11.4. The Morgan fingerprint density at radius 1 is 0.889 bits per heavy atom. The van der Waals surface area contributed by atoms with E-state index < -0.39 is 18.3 Å². The Morgan fingerprint density at radius 2 is 1.50 bits per heavy atom. The quantitative estimate of drug-likeness (QED) is 0.728. The Kier molecular flexibility index (Phi) is 4.39. The van der Waals surface area contributed by atoms with E-state index in [1.54, 1.807) is 6.92 Å². The fourth-order valence-corrected chi connectivity index (χ4v) is 3.44. The SMILES string of the molecule is CC1CCC(C(=O)C2CCC(C)C(F)C2F)CC1. The molecule has 2 aliphatic carbocycles. The summed E-state index contributed by atoms with van der Waals surface area (Å²) in [6.07, 6.45) is 2.00. The first-order valence-corrected chi connectivity index (χ1v) is 7.32. The van der Waals surface area contributed by atoms with Crippen molar-refractivity contribution in [1.29, 1.82) is 0 Å². The van der Waals surface area contributed by atoms with E-state index in [1.165, 1.54) is 0 Å². The van der Waals surface area contributed by atoms with E-state index in [0.29, 0.717) is 18.8 Å². The molecule has 3 heteroatoms. The van der Waals surface area contributed by atoms with Gasteiger partial charge in [0, 0.05) is 5.92 Å². The molecule has 0 bridgehead atoms. The lowest BCUT2D eigenvalue weighted by molar-refractivity contribution is -0.134. The predicted octanol–water partition coefficient (Wildman–Crippen LogP) is 4.10. The molecular formula is C15H24F2O. The van der Waals surface area contributed by atoms with E-state index in [2.05, 4.69) is 6.92 Å². The van der Waals surface area contributed by atoms with Crippen LogP contribution in [0, 0.1) is 23.7 Å². The third kappa shape index (κ3) is 2.75. The Balaban J connectivity index is 1.96. The topological polar surface area (TPSA) is 17.1 Å². The van der Waals surface area contributed by atoms with Crippen LogP contribution in [0.5, 0.6) is 0 Å². The smallest absolute Gasteiger partial charge is 0.142 e. The minimum Gasteiger partial charge on any atom is -0.299 e. The van der Waals surface area contributed by atoms with Gasteiger partial charge in [-0.25, -0.2) is 8.78 Å². The first-order chi connectivity index (χ1) is 8.50. The second-order valence-electron chi connectivity index (χ2n) is 6.41. The van der Waals surface area contributed by atoms with Crippen LogP contribution in [-0.2, 0) is 4.79 Å². The van der Waals surface area contributed by atoms with E-state index in [-0.39, 0.29) is 17.6 Å². The summed E-state index contributed by atoms with van der Waals surface area (Å²) >= 11 is 0. The largest absolute Gasteiger partial charge is 0.299 e. The highest BCUT2D eigenvalue weighted by Crippen LogP contribution is 2.38. The molecule has 0 aromatic rings. The Hall–Kier alpha value is -0.470. The van der Waals surface area contributed by atoms with Crippen molar-refractivity contribution in [3.8, 4) is 0 Å². The molecule has 104 valence electrons. The average molecular weight is 258 g/mol. The van der Waals surface area contributed by atoms with Gasteiger partial charge >= 0.3 is 0 Å². The van der Waals surface area contributed by atoms with Crippen molar-refractivity contribution in [2.24, 2.45) is 23.7 Å². The van der Waals surface area contributed by atoms with Crippen LogP contribution in [-0.4, -0.2) is 18.1 Å². The summed E-state index contributed by atoms with van der Waals surface area (Å²) in [6, 6.07) is 0. The van der Waals surface area contributed by atoms with Crippen molar-refractivity contribution in [2.45, 2.75) is 64.7 Å². The van der Waals surface area contributed by atoms with Crippen LogP contribution in [0.2, 0.25) is 0 Å². The van der Waals surface area contributed by atoms with E-state index in [4.69, 9.17) is 0 Å². The molecule has 2 saturated carbocycles. The minimum absolute atomic E-state index is 0.00366. The molecule has 0 aromatic carbocycles. The molecule has 0 radical (unpaired) electrons. The Bertz CT molecular complexity index is 297. The molecular weight excluding hydrogens is 234 g/mol. The van der Waals surface area contributed by atoms with Crippen molar-refractivity contribution < 1.29 is 13.6 Å². The standard InChI is InChI=1S/C15H24F2O/c1-9-3-6-11(7-4-9)15(18)12-8-5-10(2)13(16)14(12)17/h9-14H,3-8H2,1-2H3. The minimum atomic E-state index is -1.57. The van der Waals surface area contributed by atoms with E-state index in [0.717, 1.165) is 25.7 Å². The second kappa shape index (κ2) is 5.66. The molecule has 0 saturated heterocycles. The van der Waals surface area contributed by atoms with Gasteiger partial charge in [0.25, 0.3) is 0 Å². The lowest BCUT2D eigenvalue weighted by Gasteiger charge is -2.35. The summed E-state index contributed by atoms with van der Waals surface area (Å²) in [5.74, 6) is -0.241. The number of halogens is 2. The number of alkyl halides is 2. The third-order valence-electron chi connectivity index (χ3n) is 4.95. The number of rotatable bonds is 2. The second-order valence-corrected chi connectivity index (χ2v) is 6.41. The molecule has 2 fully saturated rings. The highest BCUT2D eigenvalue weighted by Gasteiger charge is 2.43. The number of carbonyl (C=O) groups excluding carboxylic acids is 1. The maximum absolute atomic E-state index is 14.0. The number of ketones is 1. The molecule has 4 unspecified atom stereocenters. The molecule has 2 rings (SSSR count). The summed E-state index contributed by atoms with van der Waals surface area (Å²) in [6.45, 7) is 3.93. The van der Waals surface area contributed by atoms with Gasteiger partial charge in [-0.1, -0.05) is 26.7 Å². The summed E-state index contributed by atoms with van der Waals surface area (Å²) < 4.78 is 27.7. The zero-order chi connectivity index (χ0) is 13.3. The van der Waals surface area contributed by atoms with Gasteiger partial charge in [-0.15, -0.1) is 0 Å². The lowest BCUT2D eigenvalue weighted by atomic mass is 9.71. The van der Waals surface area contributed by atoms with Gasteiger partial charge in [-0.05, 0) is 37.5 Å². The van der Waals surface area contributed by atoms with Crippen molar-refractivity contribution in [3.05, 3.63) is 0 Å². The maximum atomic E-state index is 14.0. The molecule has 0 heterocycles. The molecule has 0 amide bonds. The Labute approximate surface area is 108 Å². The van der Waals surface area contributed by atoms with Crippen LogP contribution in [0.25, 0.3) is 0 Å². The molecule has 0 N–H and O–H groups in total. The molecule has 0 spiro atoms. The lowest BCUT2D eigenvalue weighted by Crippen LogP contribution is -2.43. The van der Waals surface area contributed by atoms with Crippen LogP contribution >= 0.6 is 0 Å². The fourth-order valence-electron chi connectivity index (χ4n) is 3.44. The summed E-state index contributed by atoms with van der Waals surface area (Å²) in [7, 11) is 0. The van der Waals surface area contributed by atoms with Crippen LogP contribution in [0.1, 0.15) is 52.4 Å².